The first-order valence-corrected chi connectivity index (χ1v) is 13.1. The Morgan fingerprint density at radius 3 is 2.39 bits per heavy atom. The van der Waals surface area contributed by atoms with Crippen LogP contribution in [0.3, 0.4) is 0 Å². The van der Waals surface area contributed by atoms with Gasteiger partial charge >= 0.3 is 5.69 Å². The van der Waals surface area contributed by atoms with Crippen molar-refractivity contribution >= 4 is 39.1 Å². The summed E-state index contributed by atoms with van der Waals surface area (Å²) in [5.74, 6) is 0.00213. The molecule has 0 N–H and O–H groups in total. The number of ether oxygens (including phenoxy) is 2. The van der Waals surface area contributed by atoms with Crippen LogP contribution in [0.2, 0.25) is 5.02 Å². The highest BCUT2D eigenvalue weighted by molar-refractivity contribution is 7.20. The zero-order chi connectivity index (χ0) is 27.7. The predicted octanol–water partition coefficient (Wildman–Crippen LogP) is 4.86. The number of thiophene rings is 1. The van der Waals surface area contributed by atoms with E-state index in [-0.39, 0.29) is 34.3 Å². The van der Waals surface area contributed by atoms with Crippen molar-refractivity contribution in [2.75, 3.05) is 27.3 Å². The lowest BCUT2D eigenvalue weighted by molar-refractivity contribution is 0.0777. The second kappa shape index (κ2) is 11.0. The summed E-state index contributed by atoms with van der Waals surface area (Å²) in [7, 11) is 2.92. The van der Waals surface area contributed by atoms with Gasteiger partial charge in [0.25, 0.3) is 11.5 Å². The van der Waals surface area contributed by atoms with Gasteiger partial charge in [-0.15, -0.1) is 11.3 Å². The molecule has 11 heteroatoms. The fourth-order valence-electron chi connectivity index (χ4n) is 4.35. The van der Waals surface area contributed by atoms with E-state index in [1.54, 1.807) is 30.0 Å². The normalized spacial score (nSPS) is 11.1. The molecular weight excluding hydrogens is 533 g/mol. The van der Waals surface area contributed by atoms with Crippen LogP contribution in [0.25, 0.3) is 15.9 Å². The Morgan fingerprint density at radius 1 is 1.08 bits per heavy atom. The standard InChI is InChI=1S/C27H27ClFN3O5S/c1-6-30(7-2)25(34)23-15(3)22-24(33)32(20-11-10-18(36-4)13-21(20)37-5)27(35)31(26(22)38-23)14-16-8-9-17(29)12-19(16)28/h8-13H,6-7,14H2,1-5H3. The average molecular weight is 560 g/mol. The molecule has 8 nitrogen and oxygen atoms in total. The number of rotatable bonds is 8. The second-order valence-corrected chi connectivity index (χ2v) is 9.90. The molecule has 4 aromatic rings. The van der Waals surface area contributed by atoms with Crippen molar-refractivity contribution in [2.45, 2.75) is 27.3 Å². The minimum absolute atomic E-state index is 0.0496. The molecule has 1 amide bonds. The van der Waals surface area contributed by atoms with E-state index in [1.165, 1.54) is 30.9 Å². The van der Waals surface area contributed by atoms with E-state index in [0.29, 0.717) is 39.7 Å². The zero-order valence-corrected chi connectivity index (χ0v) is 23.2. The van der Waals surface area contributed by atoms with E-state index in [4.69, 9.17) is 21.1 Å². The molecule has 0 unspecified atom stereocenters. The number of hydrogen-bond acceptors (Lipinski definition) is 6. The van der Waals surface area contributed by atoms with Crippen molar-refractivity contribution < 1.29 is 18.7 Å². The van der Waals surface area contributed by atoms with Gasteiger partial charge in [0, 0.05) is 24.2 Å². The summed E-state index contributed by atoms with van der Waals surface area (Å²) in [4.78, 5) is 43.6. The average Bonchev–Trinajstić information content (AvgIpc) is 3.25. The fourth-order valence-corrected chi connectivity index (χ4v) is 5.83. The highest BCUT2D eigenvalue weighted by atomic mass is 35.5. The van der Waals surface area contributed by atoms with Gasteiger partial charge in [0.1, 0.15) is 22.1 Å². The molecule has 2 aromatic carbocycles. The van der Waals surface area contributed by atoms with Gasteiger partial charge in [0.15, 0.2) is 0 Å². The van der Waals surface area contributed by atoms with Crippen molar-refractivity contribution in [1.82, 2.24) is 14.0 Å². The molecule has 200 valence electrons. The Kier molecular flexibility index (Phi) is 7.94. The maximum atomic E-state index is 14.0. The van der Waals surface area contributed by atoms with Crippen LogP contribution in [0.15, 0.2) is 46.0 Å². The van der Waals surface area contributed by atoms with Crippen LogP contribution < -0.4 is 20.7 Å². The fraction of sp³-hybridized carbons (Fsp3) is 0.296. The molecule has 0 spiro atoms. The number of aryl methyl sites for hydroxylation is 1. The molecule has 0 saturated carbocycles. The maximum absolute atomic E-state index is 14.0. The van der Waals surface area contributed by atoms with E-state index in [9.17, 15) is 18.8 Å². The smallest absolute Gasteiger partial charge is 0.337 e. The minimum Gasteiger partial charge on any atom is -0.497 e. The summed E-state index contributed by atoms with van der Waals surface area (Å²) in [6.07, 6.45) is 0. The van der Waals surface area contributed by atoms with Gasteiger partial charge in [-0.05, 0) is 56.2 Å². The highest BCUT2D eigenvalue weighted by Gasteiger charge is 2.27. The molecule has 0 radical (unpaired) electrons. The van der Waals surface area contributed by atoms with E-state index >= 15 is 0 Å². The number of carbonyl (C=O) groups is 1. The summed E-state index contributed by atoms with van der Waals surface area (Å²) in [5.41, 5.74) is -0.0683. The molecule has 0 bridgehead atoms. The molecule has 4 rings (SSSR count). The minimum atomic E-state index is -0.658. The molecule has 0 atom stereocenters. The number of nitrogens with zero attached hydrogens (tertiary/aromatic N) is 3. The molecule has 0 aliphatic carbocycles. The van der Waals surface area contributed by atoms with Crippen LogP contribution in [0, 0.1) is 12.7 Å². The highest BCUT2D eigenvalue weighted by Crippen LogP contribution is 2.32. The molecule has 0 aliphatic heterocycles. The number of fused-ring (bicyclic) bond motifs is 1. The third-order valence-corrected chi connectivity index (χ3v) is 8.08. The lowest BCUT2D eigenvalue weighted by Gasteiger charge is -2.17. The maximum Gasteiger partial charge on any atom is 0.337 e. The quantitative estimate of drug-likeness (QED) is 0.308. The molecule has 0 saturated heterocycles. The van der Waals surface area contributed by atoms with Crippen LogP contribution in [0.4, 0.5) is 4.39 Å². The van der Waals surface area contributed by atoms with Crippen molar-refractivity contribution in [2.24, 2.45) is 0 Å². The Bertz CT molecular complexity index is 1660. The molecule has 38 heavy (non-hydrogen) atoms. The van der Waals surface area contributed by atoms with Crippen LogP contribution in [0.5, 0.6) is 11.5 Å². The summed E-state index contributed by atoms with van der Waals surface area (Å²) in [6.45, 7) is 6.39. The Hall–Kier alpha value is -3.63. The lowest BCUT2D eigenvalue weighted by atomic mass is 10.1. The van der Waals surface area contributed by atoms with E-state index in [2.05, 4.69) is 0 Å². The monoisotopic (exact) mass is 559 g/mol. The number of hydrogen-bond donors (Lipinski definition) is 0. The zero-order valence-electron chi connectivity index (χ0n) is 21.6. The third kappa shape index (κ3) is 4.69. The van der Waals surface area contributed by atoms with Gasteiger partial charge in [0.05, 0.1) is 36.7 Å². The number of amides is 1. The van der Waals surface area contributed by atoms with Gasteiger partial charge in [0.2, 0.25) is 0 Å². The molecule has 2 aromatic heterocycles. The van der Waals surface area contributed by atoms with Gasteiger partial charge in [-0.2, -0.15) is 0 Å². The Labute approximate surface area is 227 Å². The number of benzene rings is 2. The largest absolute Gasteiger partial charge is 0.497 e. The van der Waals surface area contributed by atoms with Crippen LogP contribution in [-0.4, -0.2) is 47.3 Å². The Morgan fingerprint density at radius 2 is 1.79 bits per heavy atom. The molecule has 0 aliphatic rings. The van der Waals surface area contributed by atoms with Crippen LogP contribution in [0.1, 0.15) is 34.6 Å². The van der Waals surface area contributed by atoms with Crippen molar-refractivity contribution in [1.29, 1.82) is 0 Å². The first-order valence-electron chi connectivity index (χ1n) is 11.9. The number of carbonyl (C=O) groups excluding carboxylic acids is 1. The summed E-state index contributed by atoms with van der Waals surface area (Å²) >= 11 is 7.39. The lowest BCUT2D eigenvalue weighted by Crippen LogP contribution is -2.39. The van der Waals surface area contributed by atoms with Crippen molar-refractivity contribution in [3.8, 4) is 17.2 Å². The summed E-state index contributed by atoms with van der Waals surface area (Å²) < 4.78 is 26.9. The topological polar surface area (TPSA) is 82.8 Å². The predicted molar refractivity (Wildman–Crippen MR) is 147 cm³/mol. The van der Waals surface area contributed by atoms with E-state index in [1.807, 2.05) is 13.8 Å². The van der Waals surface area contributed by atoms with E-state index in [0.717, 1.165) is 22.0 Å². The van der Waals surface area contributed by atoms with Crippen molar-refractivity contribution in [3.63, 3.8) is 0 Å². The van der Waals surface area contributed by atoms with Gasteiger partial charge in [-0.3, -0.25) is 14.2 Å². The van der Waals surface area contributed by atoms with Gasteiger partial charge < -0.3 is 14.4 Å². The van der Waals surface area contributed by atoms with Gasteiger partial charge in [-0.25, -0.2) is 13.8 Å². The summed E-state index contributed by atoms with van der Waals surface area (Å²) in [6, 6.07) is 8.65. The number of halogens is 2. The molecule has 2 heterocycles. The summed E-state index contributed by atoms with van der Waals surface area (Å²) in [5, 5.41) is 0.374. The molecule has 0 fully saturated rings. The van der Waals surface area contributed by atoms with Crippen LogP contribution >= 0.6 is 22.9 Å². The molecular formula is C27H27ClFN3O5S. The number of aromatic nitrogens is 2. The number of methoxy groups -OCH3 is 2. The van der Waals surface area contributed by atoms with Gasteiger partial charge in [-0.1, -0.05) is 17.7 Å². The Balaban J connectivity index is 2.09. The van der Waals surface area contributed by atoms with Crippen LogP contribution in [-0.2, 0) is 6.54 Å². The first-order chi connectivity index (χ1) is 18.2. The van der Waals surface area contributed by atoms with Crippen molar-refractivity contribution in [3.05, 3.63) is 84.1 Å². The second-order valence-electron chi connectivity index (χ2n) is 8.50. The first kappa shape index (κ1) is 27.4. The SMILES string of the molecule is CCN(CC)C(=O)c1sc2c(c1C)c(=O)n(-c1ccc(OC)cc1OC)c(=O)n2Cc1ccc(F)cc1Cl. The third-order valence-electron chi connectivity index (χ3n) is 6.43. The van der Waals surface area contributed by atoms with E-state index < -0.39 is 17.1 Å².